The summed E-state index contributed by atoms with van der Waals surface area (Å²) in [4.78, 5) is 0. The molecule has 56 valence electrons. The first-order chi connectivity index (χ1) is 4.72. The quantitative estimate of drug-likeness (QED) is 0.673. The van der Waals surface area contributed by atoms with E-state index in [2.05, 4.69) is 0 Å². The Hall–Kier alpha value is -0.380. The maximum absolute atomic E-state index is 5.76. The van der Waals surface area contributed by atoms with Gasteiger partial charge in [-0.05, 0) is 29.3 Å². The molecular weight excluding hydrogens is 144 g/mol. The van der Waals surface area contributed by atoms with Crippen LogP contribution in [0.5, 0.6) is 0 Å². The molecule has 0 saturated carbocycles. The van der Waals surface area contributed by atoms with Gasteiger partial charge in [0.1, 0.15) is 0 Å². The van der Waals surface area contributed by atoms with Gasteiger partial charge >= 0.3 is 0 Å². The highest BCUT2D eigenvalue weighted by molar-refractivity contribution is 7.07. The Bertz CT molecular complexity index is 181. The maximum atomic E-state index is 5.76. The first-order valence-electron chi connectivity index (χ1n) is 3.25. The molecule has 0 aliphatic heterocycles. The molecular formula is C7H12N2S. The molecule has 1 rings (SSSR count). The summed E-state index contributed by atoms with van der Waals surface area (Å²) >= 11 is 1.65. The second kappa shape index (κ2) is 3.14. The fourth-order valence-electron chi connectivity index (χ4n) is 0.768. The third-order valence-corrected chi connectivity index (χ3v) is 2.20. The van der Waals surface area contributed by atoms with Crippen LogP contribution in [0.3, 0.4) is 0 Å². The minimum Gasteiger partial charge on any atom is -0.326 e. The molecule has 10 heavy (non-hydrogen) atoms. The number of hydrogen-bond donors (Lipinski definition) is 2. The lowest BCUT2D eigenvalue weighted by Crippen LogP contribution is -2.30. The van der Waals surface area contributed by atoms with E-state index in [-0.39, 0.29) is 12.1 Å². The fourth-order valence-corrected chi connectivity index (χ4v) is 1.48. The SMILES string of the molecule is C[C@H](N)[C@H](N)c1ccsc1. The fraction of sp³-hybridized carbons (Fsp3) is 0.429. The highest BCUT2D eigenvalue weighted by Gasteiger charge is 2.09. The maximum Gasteiger partial charge on any atom is 0.0454 e. The molecule has 0 bridgehead atoms. The van der Waals surface area contributed by atoms with Crippen LogP contribution in [0.4, 0.5) is 0 Å². The predicted octanol–water partition coefficient (Wildman–Crippen LogP) is 1.10. The van der Waals surface area contributed by atoms with Crippen LogP contribution in [0.2, 0.25) is 0 Å². The summed E-state index contributed by atoms with van der Waals surface area (Å²) in [6.45, 7) is 1.92. The predicted molar refractivity (Wildman–Crippen MR) is 44.9 cm³/mol. The van der Waals surface area contributed by atoms with Crippen molar-refractivity contribution in [3.05, 3.63) is 22.4 Å². The van der Waals surface area contributed by atoms with Crippen LogP contribution in [-0.2, 0) is 0 Å². The van der Waals surface area contributed by atoms with Crippen molar-refractivity contribution in [1.29, 1.82) is 0 Å². The molecule has 0 unspecified atom stereocenters. The van der Waals surface area contributed by atoms with Crippen LogP contribution in [0, 0.1) is 0 Å². The number of rotatable bonds is 2. The molecule has 1 aromatic heterocycles. The molecule has 1 heterocycles. The average molecular weight is 156 g/mol. The van der Waals surface area contributed by atoms with Crippen molar-refractivity contribution in [3.8, 4) is 0 Å². The molecule has 3 heteroatoms. The van der Waals surface area contributed by atoms with E-state index < -0.39 is 0 Å². The van der Waals surface area contributed by atoms with Gasteiger partial charge in [-0.15, -0.1) is 0 Å². The second-order valence-corrected chi connectivity index (χ2v) is 3.22. The smallest absolute Gasteiger partial charge is 0.0454 e. The van der Waals surface area contributed by atoms with Crippen molar-refractivity contribution in [1.82, 2.24) is 0 Å². The Morgan fingerprint density at radius 2 is 2.20 bits per heavy atom. The van der Waals surface area contributed by atoms with Crippen LogP contribution in [-0.4, -0.2) is 6.04 Å². The van der Waals surface area contributed by atoms with Crippen molar-refractivity contribution in [2.75, 3.05) is 0 Å². The van der Waals surface area contributed by atoms with Crippen molar-refractivity contribution in [2.24, 2.45) is 11.5 Å². The zero-order chi connectivity index (χ0) is 7.56. The minimum atomic E-state index is -0.00810. The first kappa shape index (κ1) is 7.72. The summed E-state index contributed by atoms with van der Waals surface area (Å²) in [5.41, 5.74) is 12.5. The Balaban J connectivity index is 2.68. The average Bonchev–Trinajstić information content (AvgIpc) is 2.36. The largest absolute Gasteiger partial charge is 0.326 e. The molecule has 4 N–H and O–H groups in total. The van der Waals surface area contributed by atoms with Crippen molar-refractivity contribution < 1.29 is 0 Å². The van der Waals surface area contributed by atoms with Gasteiger partial charge in [-0.2, -0.15) is 11.3 Å². The summed E-state index contributed by atoms with van der Waals surface area (Å²) in [5, 5.41) is 4.05. The zero-order valence-electron chi connectivity index (χ0n) is 5.95. The third kappa shape index (κ3) is 1.56. The summed E-state index contributed by atoms with van der Waals surface area (Å²) in [7, 11) is 0. The molecule has 0 fully saturated rings. The Morgan fingerprint density at radius 3 is 2.60 bits per heavy atom. The highest BCUT2D eigenvalue weighted by Crippen LogP contribution is 2.15. The van der Waals surface area contributed by atoms with Crippen molar-refractivity contribution in [3.63, 3.8) is 0 Å². The highest BCUT2D eigenvalue weighted by atomic mass is 32.1. The standard InChI is InChI=1S/C7H12N2S/c1-5(8)7(9)6-2-3-10-4-6/h2-5,7H,8-9H2,1H3/t5-,7-/m0/s1. The van der Waals surface area contributed by atoms with E-state index in [0.717, 1.165) is 5.56 Å². The van der Waals surface area contributed by atoms with Gasteiger partial charge in [0.05, 0.1) is 0 Å². The molecule has 0 saturated heterocycles. The lowest BCUT2D eigenvalue weighted by atomic mass is 10.1. The van der Waals surface area contributed by atoms with Gasteiger partial charge in [-0.3, -0.25) is 0 Å². The molecule has 2 atom stereocenters. The van der Waals surface area contributed by atoms with Crippen molar-refractivity contribution in [2.45, 2.75) is 19.0 Å². The van der Waals surface area contributed by atoms with Crippen LogP contribution in [0.15, 0.2) is 16.8 Å². The molecule has 2 nitrogen and oxygen atoms in total. The van der Waals surface area contributed by atoms with E-state index in [1.54, 1.807) is 11.3 Å². The van der Waals surface area contributed by atoms with Crippen molar-refractivity contribution >= 4 is 11.3 Å². The van der Waals surface area contributed by atoms with E-state index in [1.807, 2.05) is 23.8 Å². The number of nitrogens with two attached hydrogens (primary N) is 2. The Labute approximate surface area is 64.8 Å². The van der Waals surface area contributed by atoms with E-state index in [4.69, 9.17) is 11.5 Å². The van der Waals surface area contributed by atoms with Gasteiger partial charge in [0.2, 0.25) is 0 Å². The van der Waals surface area contributed by atoms with Gasteiger partial charge in [-0.1, -0.05) is 0 Å². The molecule has 1 aromatic rings. The third-order valence-electron chi connectivity index (χ3n) is 1.49. The lowest BCUT2D eigenvalue weighted by Gasteiger charge is -2.13. The minimum absolute atomic E-state index is 0.00810. The number of thiophene rings is 1. The van der Waals surface area contributed by atoms with Gasteiger partial charge < -0.3 is 11.5 Å². The summed E-state index contributed by atoms with van der Waals surface area (Å²) < 4.78 is 0. The van der Waals surface area contributed by atoms with Gasteiger partial charge in [0.25, 0.3) is 0 Å². The first-order valence-corrected chi connectivity index (χ1v) is 4.19. The molecule has 0 aliphatic carbocycles. The van der Waals surface area contributed by atoms with Crippen LogP contribution in [0.25, 0.3) is 0 Å². The van der Waals surface area contributed by atoms with E-state index >= 15 is 0 Å². The van der Waals surface area contributed by atoms with E-state index in [9.17, 15) is 0 Å². The normalized spacial score (nSPS) is 16.7. The van der Waals surface area contributed by atoms with Crippen LogP contribution in [0.1, 0.15) is 18.5 Å². The summed E-state index contributed by atoms with van der Waals surface area (Å²) in [6, 6.07) is 2.04. The second-order valence-electron chi connectivity index (χ2n) is 2.44. The van der Waals surface area contributed by atoms with E-state index in [0.29, 0.717) is 0 Å². The van der Waals surface area contributed by atoms with Gasteiger partial charge in [0, 0.05) is 12.1 Å². The monoisotopic (exact) mass is 156 g/mol. The van der Waals surface area contributed by atoms with Crippen LogP contribution < -0.4 is 11.5 Å². The molecule has 0 aromatic carbocycles. The zero-order valence-corrected chi connectivity index (χ0v) is 6.77. The van der Waals surface area contributed by atoms with Crippen LogP contribution >= 0.6 is 11.3 Å². The number of hydrogen-bond acceptors (Lipinski definition) is 3. The van der Waals surface area contributed by atoms with Gasteiger partial charge in [-0.25, -0.2) is 0 Å². The molecule has 0 aliphatic rings. The summed E-state index contributed by atoms with van der Waals surface area (Å²) in [5.74, 6) is 0. The topological polar surface area (TPSA) is 52.0 Å². The van der Waals surface area contributed by atoms with Gasteiger partial charge in [0.15, 0.2) is 0 Å². The summed E-state index contributed by atoms with van der Waals surface area (Å²) in [6.07, 6.45) is 0. The lowest BCUT2D eigenvalue weighted by molar-refractivity contribution is 0.591. The molecule has 0 amide bonds. The Kier molecular flexibility index (Phi) is 2.43. The molecule has 0 radical (unpaired) electrons. The van der Waals surface area contributed by atoms with E-state index in [1.165, 1.54) is 0 Å². The molecule has 0 spiro atoms. The Morgan fingerprint density at radius 1 is 1.50 bits per heavy atom.